The molecule has 3 aromatic heterocycles. The Morgan fingerprint density at radius 2 is 2.06 bits per heavy atom. The molecule has 2 atom stereocenters. The number of aromatic nitrogens is 4. The van der Waals surface area contributed by atoms with E-state index in [0.717, 1.165) is 17.0 Å². The summed E-state index contributed by atoms with van der Waals surface area (Å²) >= 11 is 8.23. The van der Waals surface area contributed by atoms with Gasteiger partial charge in [-0.3, -0.25) is 19.3 Å². The van der Waals surface area contributed by atoms with E-state index in [2.05, 4.69) is 25.3 Å². The van der Waals surface area contributed by atoms with Crippen molar-refractivity contribution in [2.24, 2.45) is 5.92 Å². The first-order valence-electron chi connectivity index (χ1n) is 9.65. The van der Waals surface area contributed by atoms with Gasteiger partial charge in [-0.1, -0.05) is 48.5 Å². The average Bonchev–Trinajstić information content (AvgIpc) is 3.06. The Kier molecular flexibility index (Phi) is 8.31. The molecular formula is C18H23ClN5O5PS2. The first-order chi connectivity index (χ1) is 15.0. The lowest BCUT2D eigenvalue weighted by molar-refractivity contribution is 0.184. The van der Waals surface area contributed by atoms with Crippen LogP contribution in [0, 0.1) is 5.92 Å². The lowest BCUT2D eigenvalue weighted by Crippen LogP contribution is -2.27. The van der Waals surface area contributed by atoms with Crippen LogP contribution in [-0.4, -0.2) is 42.4 Å². The highest BCUT2D eigenvalue weighted by Gasteiger charge is 2.22. The van der Waals surface area contributed by atoms with Gasteiger partial charge in [-0.15, -0.1) is 0 Å². The molecule has 3 heterocycles. The SMILES string of the molecule is CC(C)CC(COP(=O)(O)O)Nc1nc(SC(C)c2ccc(Cl)cn2)nc2[nH]c(=O)sc12. The van der Waals surface area contributed by atoms with Crippen LogP contribution in [0.15, 0.2) is 28.3 Å². The molecule has 0 fully saturated rings. The quantitative estimate of drug-likeness (QED) is 0.174. The summed E-state index contributed by atoms with van der Waals surface area (Å²) in [6.45, 7) is 5.70. The second kappa shape index (κ2) is 10.6. The molecule has 0 aliphatic carbocycles. The molecule has 14 heteroatoms. The summed E-state index contributed by atoms with van der Waals surface area (Å²) in [5.74, 6) is 0.622. The van der Waals surface area contributed by atoms with Gasteiger partial charge in [0.15, 0.2) is 16.6 Å². The standard InChI is InChI=1S/C18H23ClN5O5PS2/c1-9(2)6-12(8-29-30(26,27)28)21-15-14-16(24-18(25)32-14)23-17(22-15)31-10(3)13-5-4-11(19)7-20-13/h4-5,7,9-10,12H,6,8H2,1-3H3,(H2,26,27,28)(H2,21,22,23,24,25). The van der Waals surface area contributed by atoms with E-state index in [1.165, 1.54) is 11.8 Å². The number of thiazole rings is 1. The molecule has 0 radical (unpaired) electrons. The van der Waals surface area contributed by atoms with E-state index < -0.39 is 13.9 Å². The average molecular weight is 520 g/mol. The van der Waals surface area contributed by atoms with Crippen molar-refractivity contribution in [1.29, 1.82) is 0 Å². The van der Waals surface area contributed by atoms with E-state index in [9.17, 15) is 9.36 Å². The summed E-state index contributed by atoms with van der Waals surface area (Å²) in [6, 6.07) is 3.14. The fourth-order valence-corrected chi connectivity index (χ4v) is 5.02. The Labute approximate surface area is 197 Å². The van der Waals surface area contributed by atoms with Crippen molar-refractivity contribution < 1.29 is 18.9 Å². The lowest BCUT2D eigenvalue weighted by Gasteiger charge is -2.22. The molecule has 174 valence electrons. The first kappa shape index (κ1) is 25.1. The molecule has 32 heavy (non-hydrogen) atoms. The van der Waals surface area contributed by atoms with Crippen molar-refractivity contribution in [1.82, 2.24) is 19.9 Å². The zero-order chi connectivity index (χ0) is 23.5. The van der Waals surface area contributed by atoms with Crippen molar-refractivity contribution in [2.45, 2.75) is 43.6 Å². The highest BCUT2D eigenvalue weighted by Crippen LogP contribution is 2.37. The zero-order valence-electron chi connectivity index (χ0n) is 17.5. The van der Waals surface area contributed by atoms with Crippen LogP contribution in [0.5, 0.6) is 0 Å². The van der Waals surface area contributed by atoms with Crippen LogP contribution in [0.1, 0.15) is 38.1 Å². The highest BCUT2D eigenvalue weighted by molar-refractivity contribution is 7.99. The molecule has 0 aliphatic heterocycles. The Morgan fingerprint density at radius 1 is 1.31 bits per heavy atom. The van der Waals surface area contributed by atoms with E-state index in [4.69, 9.17) is 25.9 Å². The molecule has 4 N–H and O–H groups in total. The molecule has 0 saturated carbocycles. The smallest absolute Gasteiger partial charge is 0.364 e. The number of halogens is 1. The number of fused-ring (bicyclic) bond motifs is 1. The third-order valence-electron chi connectivity index (χ3n) is 4.25. The van der Waals surface area contributed by atoms with Crippen molar-refractivity contribution in [3.05, 3.63) is 38.7 Å². The van der Waals surface area contributed by atoms with Gasteiger partial charge in [0.1, 0.15) is 4.70 Å². The van der Waals surface area contributed by atoms with Gasteiger partial charge < -0.3 is 15.1 Å². The van der Waals surface area contributed by atoms with Gasteiger partial charge in [0, 0.05) is 6.20 Å². The molecule has 0 spiro atoms. The summed E-state index contributed by atoms with van der Waals surface area (Å²) in [4.78, 5) is 45.9. The number of phosphoric acid groups is 1. The predicted molar refractivity (Wildman–Crippen MR) is 126 cm³/mol. The number of hydrogen-bond acceptors (Lipinski definition) is 9. The van der Waals surface area contributed by atoms with Crippen LogP contribution in [-0.2, 0) is 9.09 Å². The molecule has 0 saturated heterocycles. The van der Waals surface area contributed by atoms with Gasteiger partial charge >= 0.3 is 12.7 Å². The van der Waals surface area contributed by atoms with Crippen LogP contribution < -0.4 is 10.2 Å². The number of pyridine rings is 1. The van der Waals surface area contributed by atoms with Gasteiger partial charge in [-0.05, 0) is 31.4 Å². The van der Waals surface area contributed by atoms with Gasteiger partial charge in [0.05, 0.1) is 28.6 Å². The molecule has 0 aliphatic rings. The summed E-state index contributed by atoms with van der Waals surface area (Å²) in [7, 11) is -4.62. The topological polar surface area (TPSA) is 150 Å². The maximum Gasteiger partial charge on any atom is 0.469 e. The van der Waals surface area contributed by atoms with E-state index in [1.807, 2.05) is 26.8 Å². The third-order valence-corrected chi connectivity index (χ3v) is 6.83. The molecule has 3 rings (SSSR count). The number of rotatable bonds is 10. The summed E-state index contributed by atoms with van der Waals surface area (Å²) < 4.78 is 16.4. The van der Waals surface area contributed by atoms with Crippen LogP contribution in [0.25, 0.3) is 10.3 Å². The Bertz CT molecular complexity index is 1170. The van der Waals surface area contributed by atoms with E-state index in [-0.39, 0.29) is 22.6 Å². The van der Waals surface area contributed by atoms with Crippen molar-refractivity contribution in [3.8, 4) is 0 Å². The predicted octanol–water partition coefficient (Wildman–Crippen LogP) is 4.22. The second-order valence-corrected chi connectivity index (χ2v) is 11.4. The monoisotopic (exact) mass is 519 g/mol. The first-order valence-corrected chi connectivity index (χ1v) is 13.3. The number of phosphoric ester groups is 1. The number of hydrogen-bond donors (Lipinski definition) is 4. The van der Waals surface area contributed by atoms with Crippen LogP contribution >= 0.6 is 42.5 Å². The second-order valence-electron chi connectivity index (χ2n) is 7.47. The van der Waals surface area contributed by atoms with E-state index >= 15 is 0 Å². The number of nitrogens with one attached hydrogen (secondary N) is 2. The van der Waals surface area contributed by atoms with Crippen molar-refractivity contribution in [3.63, 3.8) is 0 Å². The van der Waals surface area contributed by atoms with E-state index in [0.29, 0.717) is 32.8 Å². The van der Waals surface area contributed by atoms with Gasteiger partial charge in [-0.25, -0.2) is 14.5 Å². The normalized spacial score (nSPS) is 14.1. The Morgan fingerprint density at radius 3 is 2.69 bits per heavy atom. The minimum atomic E-state index is -4.62. The molecule has 0 amide bonds. The van der Waals surface area contributed by atoms with Crippen molar-refractivity contribution in [2.75, 3.05) is 11.9 Å². The van der Waals surface area contributed by atoms with Gasteiger partial charge in [0.25, 0.3) is 0 Å². The van der Waals surface area contributed by atoms with Crippen molar-refractivity contribution >= 4 is 58.7 Å². The number of anilines is 1. The molecule has 2 unspecified atom stereocenters. The summed E-state index contributed by atoms with van der Waals surface area (Å²) in [5.41, 5.74) is 1.18. The van der Waals surface area contributed by atoms with Gasteiger partial charge in [-0.2, -0.15) is 0 Å². The number of H-pyrrole nitrogens is 1. The Balaban J connectivity index is 1.89. The fourth-order valence-electron chi connectivity index (χ4n) is 2.94. The third kappa shape index (κ3) is 7.24. The highest BCUT2D eigenvalue weighted by atomic mass is 35.5. The molecule has 0 aromatic carbocycles. The summed E-state index contributed by atoms with van der Waals surface area (Å²) in [5, 5.41) is 4.05. The largest absolute Gasteiger partial charge is 0.469 e. The minimum Gasteiger partial charge on any atom is -0.364 e. The Hall–Kier alpha value is -1.53. The van der Waals surface area contributed by atoms with Crippen LogP contribution in [0.3, 0.4) is 0 Å². The summed E-state index contributed by atoms with van der Waals surface area (Å²) in [6.07, 6.45) is 2.14. The van der Waals surface area contributed by atoms with Gasteiger partial charge in [0.2, 0.25) is 0 Å². The zero-order valence-corrected chi connectivity index (χ0v) is 20.8. The molecule has 0 bridgehead atoms. The lowest BCUT2D eigenvalue weighted by atomic mass is 10.0. The number of nitrogens with zero attached hydrogens (tertiary/aromatic N) is 3. The van der Waals surface area contributed by atoms with E-state index in [1.54, 1.807) is 12.3 Å². The number of thioether (sulfide) groups is 1. The molecule has 3 aromatic rings. The van der Waals surface area contributed by atoms with Crippen LogP contribution in [0.4, 0.5) is 5.82 Å². The number of aromatic amines is 1. The fraction of sp³-hybridized carbons (Fsp3) is 0.444. The maximum atomic E-state index is 12.0. The van der Waals surface area contributed by atoms with Crippen LogP contribution in [0.2, 0.25) is 5.02 Å². The molecule has 10 nitrogen and oxygen atoms in total. The minimum absolute atomic E-state index is 0.0904. The maximum absolute atomic E-state index is 12.0. The molecular weight excluding hydrogens is 497 g/mol.